The average Bonchev–Trinajstić information content (AvgIpc) is 2.95. The maximum atomic E-state index is 11.9. The molecule has 20 heavy (non-hydrogen) atoms. The second-order valence-corrected chi connectivity index (χ2v) is 4.96. The van der Waals surface area contributed by atoms with Gasteiger partial charge in [-0.15, -0.1) is 11.6 Å². The first-order valence-corrected chi connectivity index (χ1v) is 7.39. The first-order chi connectivity index (χ1) is 9.62. The molecule has 6 nitrogen and oxygen atoms in total. The maximum absolute atomic E-state index is 11.9. The Labute approximate surface area is 123 Å². The van der Waals surface area contributed by atoms with Gasteiger partial charge in [-0.05, 0) is 12.8 Å². The molecule has 1 amide bonds. The van der Waals surface area contributed by atoms with Crippen molar-refractivity contribution in [1.82, 2.24) is 24.6 Å². The fraction of sp³-hybridized carbons (Fsp3) is 0.615. The summed E-state index contributed by atoms with van der Waals surface area (Å²) in [7, 11) is 1.86. The zero-order valence-electron chi connectivity index (χ0n) is 12.1. The van der Waals surface area contributed by atoms with Gasteiger partial charge in [-0.1, -0.05) is 13.8 Å². The molecule has 110 valence electrons. The van der Waals surface area contributed by atoms with Crippen LogP contribution in [0.25, 0.3) is 11.2 Å². The molecule has 0 aliphatic heterocycles. The molecule has 0 spiro atoms. The Bertz CT molecular complexity index is 616. The minimum atomic E-state index is -0.0308. The van der Waals surface area contributed by atoms with E-state index in [0.717, 1.165) is 29.7 Å². The molecular formula is C13H20ClN5O. The number of nitrogens with zero attached hydrogens (tertiary/aromatic N) is 4. The van der Waals surface area contributed by atoms with Crippen LogP contribution in [0.15, 0.2) is 0 Å². The fourth-order valence-corrected chi connectivity index (χ4v) is 2.46. The van der Waals surface area contributed by atoms with Crippen molar-refractivity contribution in [2.75, 3.05) is 6.54 Å². The molecule has 0 fully saturated rings. The van der Waals surface area contributed by atoms with Crippen LogP contribution in [0, 0.1) is 0 Å². The Kier molecular flexibility index (Phi) is 4.65. The first kappa shape index (κ1) is 14.8. The van der Waals surface area contributed by atoms with Gasteiger partial charge in [0, 0.05) is 13.6 Å². The quantitative estimate of drug-likeness (QED) is 0.824. The van der Waals surface area contributed by atoms with E-state index in [2.05, 4.69) is 15.4 Å². The number of amides is 1. The van der Waals surface area contributed by atoms with E-state index < -0.39 is 0 Å². The lowest BCUT2D eigenvalue weighted by atomic mass is 10.3. The third kappa shape index (κ3) is 2.65. The highest BCUT2D eigenvalue weighted by Gasteiger charge is 2.19. The first-order valence-electron chi connectivity index (χ1n) is 6.85. The molecular weight excluding hydrogens is 278 g/mol. The second-order valence-electron chi connectivity index (χ2n) is 4.69. The van der Waals surface area contributed by atoms with Crippen LogP contribution in [0.5, 0.6) is 0 Å². The number of hydrogen-bond donors (Lipinski definition) is 1. The lowest BCUT2D eigenvalue weighted by molar-refractivity contribution is -0.121. The largest absolute Gasteiger partial charge is 0.355 e. The highest BCUT2D eigenvalue weighted by atomic mass is 35.5. The summed E-state index contributed by atoms with van der Waals surface area (Å²) in [6, 6.07) is 0. The number of carbonyl (C=O) groups is 1. The van der Waals surface area contributed by atoms with Gasteiger partial charge in [-0.3, -0.25) is 9.48 Å². The number of imidazole rings is 1. The van der Waals surface area contributed by atoms with Gasteiger partial charge >= 0.3 is 0 Å². The summed E-state index contributed by atoms with van der Waals surface area (Å²) in [5, 5.41) is 7.30. The number of carbonyl (C=O) groups excluding carboxylic acids is 1. The second kappa shape index (κ2) is 6.26. The van der Waals surface area contributed by atoms with Gasteiger partial charge in [-0.25, -0.2) is 4.98 Å². The summed E-state index contributed by atoms with van der Waals surface area (Å²) in [5.41, 5.74) is 2.62. The summed E-state index contributed by atoms with van der Waals surface area (Å²) in [6.07, 6.45) is 1.72. The van der Waals surface area contributed by atoms with Crippen LogP contribution in [0.4, 0.5) is 0 Å². The number of halogens is 1. The van der Waals surface area contributed by atoms with Gasteiger partial charge in [0.2, 0.25) is 5.91 Å². The fourth-order valence-electron chi connectivity index (χ4n) is 2.26. The van der Waals surface area contributed by atoms with Crippen LogP contribution in [0.2, 0.25) is 0 Å². The molecule has 0 bridgehead atoms. The van der Waals surface area contributed by atoms with Crippen molar-refractivity contribution in [3.05, 3.63) is 11.5 Å². The molecule has 0 saturated heterocycles. The van der Waals surface area contributed by atoms with Crippen molar-refractivity contribution in [3.8, 4) is 0 Å². The monoisotopic (exact) mass is 297 g/mol. The molecule has 2 heterocycles. The van der Waals surface area contributed by atoms with Crippen LogP contribution in [-0.4, -0.2) is 31.8 Å². The highest BCUT2D eigenvalue weighted by molar-refractivity contribution is 6.16. The Morgan fingerprint density at radius 3 is 2.75 bits per heavy atom. The van der Waals surface area contributed by atoms with Crippen LogP contribution in [0.3, 0.4) is 0 Å². The summed E-state index contributed by atoms with van der Waals surface area (Å²) >= 11 is 5.95. The molecule has 0 unspecified atom stereocenters. The number of rotatable bonds is 6. The van der Waals surface area contributed by atoms with Crippen molar-refractivity contribution < 1.29 is 4.79 Å². The molecule has 1 N–H and O–H groups in total. The molecule has 2 rings (SSSR count). The van der Waals surface area contributed by atoms with Crippen LogP contribution in [0.1, 0.15) is 31.8 Å². The average molecular weight is 298 g/mol. The number of aryl methyl sites for hydroxylation is 2. The molecule has 7 heteroatoms. The Hall–Kier alpha value is -1.56. The van der Waals surface area contributed by atoms with Crippen molar-refractivity contribution in [1.29, 1.82) is 0 Å². The lowest BCUT2D eigenvalue weighted by Gasteiger charge is -2.08. The SMILES string of the molecule is CCCNC(=O)Cn1c(CCl)nc2c(CC)nn(C)c21. The van der Waals surface area contributed by atoms with E-state index in [9.17, 15) is 4.79 Å². The van der Waals surface area contributed by atoms with E-state index >= 15 is 0 Å². The van der Waals surface area contributed by atoms with Gasteiger partial charge in [0.15, 0.2) is 5.65 Å². The van der Waals surface area contributed by atoms with Gasteiger partial charge in [-0.2, -0.15) is 5.10 Å². The number of aromatic nitrogens is 4. The molecule has 0 aromatic carbocycles. The Morgan fingerprint density at radius 1 is 1.40 bits per heavy atom. The predicted octanol–water partition coefficient (Wildman–Crippen LogP) is 1.60. The number of hydrogen-bond acceptors (Lipinski definition) is 3. The molecule has 2 aromatic heterocycles. The van der Waals surface area contributed by atoms with E-state index in [4.69, 9.17) is 11.6 Å². The van der Waals surface area contributed by atoms with Crippen LogP contribution < -0.4 is 5.32 Å². The summed E-state index contributed by atoms with van der Waals surface area (Å²) < 4.78 is 3.61. The van der Waals surface area contributed by atoms with Crippen molar-refractivity contribution in [2.24, 2.45) is 7.05 Å². The molecule has 0 aliphatic carbocycles. The summed E-state index contributed by atoms with van der Waals surface area (Å²) in [4.78, 5) is 16.5. The molecule has 0 aliphatic rings. The third-order valence-electron chi connectivity index (χ3n) is 3.20. The number of alkyl halides is 1. The number of fused-ring (bicyclic) bond motifs is 1. The zero-order chi connectivity index (χ0) is 14.7. The van der Waals surface area contributed by atoms with Crippen molar-refractivity contribution in [3.63, 3.8) is 0 Å². The minimum absolute atomic E-state index is 0.0308. The van der Waals surface area contributed by atoms with E-state index in [1.54, 1.807) is 4.68 Å². The summed E-state index contributed by atoms with van der Waals surface area (Å²) in [6.45, 7) is 4.96. The lowest BCUT2D eigenvalue weighted by Crippen LogP contribution is -2.29. The normalized spacial score (nSPS) is 11.2. The Balaban J connectivity index is 2.40. The molecule has 0 saturated carbocycles. The predicted molar refractivity (Wildman–Crippen MR) is 78.7 cm³/mol. The highest BCUT2D eigenvalue weighted by Crippen LogP contribution is 2.20. The third-order valence-corrected chi connectivity index (χ3v) is 3.44. The van der Waals surface area contributed by atoms with Crippen LogP contribution in [-0.2, 0) is 30.7 Å². The minimum Gasteiger partial charge on any atom is -0.355 e. The number of nitrogens with one attached hydrogen (secondary N) is 1. The van der Waals surface area contributed by atoms with Gasteiger partial charge in [0.25, 0.3) is 0 Å². The van der Waals surface area contributed by atoms with Crippen molar-refractivity contribution >= 4 is 28.7 Å². The van der Waals surface area contributed by atoms with Crippen molar-refractivity contribution in [2.45, 2.75) is 39.1 Å². The van der Waals surface area contributed by atoms with E-state index in [0.29, 0.717) is 12.4 Å². The van der Waals surface area contributed by atoms with E-state index in [1.807, 2.05) is 25.5 Å². The van der Waals surface area contributed by atoms with Gasteiger partial charge in [0.1, 0.15) is 17.9 Å². The maximum Gasteiger partial charge on any atom is 0.240 e. The van der Waals surface area contributed by atoms with E-state index in [1.165, 1.54) is 0 Å². The standard InChI is InChI=1S/C13H20ClN5O/c1-4-6-15-11(20)8-19-10(7-14)16-12-9(5-2)17-18(3)13(12)19/h4-8H2,1-3H3,(H,15,20). The summed E-state index contributed by atoms with van der Waals surface area (Å²) in [5.74, 6) is 0.951. The van der Waals surface area contributed by atoms with E-state index in [-0.39, 0.29) is 18.3 Å². The van der Waals surface area contributed by atoms with Gasteiger partial charge < -0.3 is 9.88 Å². The molecule has 2 aromatic rings. The zero-order valence-corrected chi connectivity index (χ0v) is 12.9. The molecule has 0 radical (unpaired) electrons. The smallest absolute Gasteiger partial charge is 0.240 e. The van der Waals surface area contributed by atoms with Crippen LogP contribution >= 0.6 is 11.6 Å². The molecule has 0 atom stereocenters. The van der Waals surface area contributed by atoms with Gasteiger partial charge in [0.05, 0.1) is 11.6 Å². The topological polar surface area (TPSA) is 64.7 Å². The Morgan fingerprint density at radius 2 is 2.15 bits per heavy atom.